The number of carboxylic acid groups (broad SMARTS) is 1. The quantitative estimate of drug-likeness (QED) is 0.305. The molecule has 0 amide bonds. The van der Waals surface area contributed by atoms with Gasteiger partial charge in [-0.05, 0) is 20.3 Å². The second-order valence-corrected chi connectivity index (χ2v) is 5.34. The Kier molecular flexibility index (Phi) is 14.8. The van der Waals surface area contributed by atoms with Gasteiger partial charge in [-0.15, -0.1) is 0 Å². The average molecular weight is 297 g/mol. The number of nitrogens with two attached hydrogens (primary N) is 2. The molecule has 6 heteroatoms. The van der Waals surface area contributed by atoms with Crippen molar-refractivity contribution in [2.75, 3.05) is 0 Å². The monoisotopic (exact) mass is 297 g/mol. The maximum atomic E-state index is 11.4. The number of rotatable bonds is 11. The van der Waals surface area contributed by atoms with Crippen molar-refractivity contribution in [3.63, 3.8) is 0 Å². The van der Waals surface area contributed by atoms with Gasteiger partial charge in [0, 0.05) is 0 Å². The molecule has 5 N–H and O–H groups in total. The van der Waals surface area contributed by atoms with Crippen molar-refractivity contribution in [2.24, 2.45) is 11.5 Å². The van der Waals surface area contributed by atoms with Crippen LogP contribution in [-0.2, 0) is 4.79 Å². The van der Waals surface area contributed by atoms with E-state index in [1.807, 2.05) is 0 Å². The van der Waals surface area contributed by atoms with Crippen LogP contribution < -0.4 is 11.5 Å². The van der Waals surface area contributed by atoms with Crippen molar-refractivity contribution in [1.29, 1.82) is 0 Å². The third-order valence-corrected chi connectivity index (χ3v) is 3.42. The van der Waals surface area contributed by atoms with Gasteiger partial charge < -0.3 is 16.6 Å². The van der Waals surface area contributed by atoms with Crippen LogP contribution >= 0.6 is 0 Å². The first kappa shape index (κ1) is 22.6. The molecule has 0 spiro atoms. The van der Waals surface area contributed by atoms with Crippen LogP contribution in [0.25, 0.3) is 0 Å². The van der Waals surface area contributed by atoms with Crippen molar-refractivity contribution >= 4 is 35.5 Å². The molecule has 5 nitrogen and oxygen atoms in total. The molecule has 0 saturated carbocycles. The van der Waals surface area contributed by atoms with Crippen LogP contribution in [0.2, 0.25) is 0 Å². The zero-order chi connectivity index (χ0) is 14.8. The molecule has 0 rings (SSSR count). The van der Waals surface area contributed by atoms with Crippen LogP contribution in [-0.4, -0.2) is 63.9 Å². The predicted molar refractivity (Wildman–Crippen MR) is 85.7 cm³/mol. The van der Waals surface area contributed by atoms with Crippen LogP contribution in [0.3, 0.4) is 0 Å². The number of carbonyl (C=O) groups is 1. The van der Waals surface area contributed by atoms with Crippen LogP contribution in [0.4, 0.5) is 0 Å². The fourth-order valence-electron chi connectivity index (χ4n) is 2.46. The maximum absolute atomic E-state index is 11.4. The van der Waals surface area contributed by atoms with Crippen LogP contribution in [0.15, 0.2) is 0 Å². The molecule has 0 aliphatic carbocycles. The summed E-state index contributed by atoms with van der Waals surface area (Å²) < 4.78 is 0. The Morgan fingerprint density at radius 2 is 1.50 bits per heavy atom. The van der Waals surface area contributed by atoms with Crippen molar-refractivity contribution in [3.8, 4) is 0 Å². The van der Waals surface area contributed by atoms with Gasteiger partial charge in [-0.1, -0.05) is 45.4 Å². The number of carboxylic acids is 1. The van der Waals surface area contributed by atoms with Crippen molar-refractivity contribution < 1.29 is 9.90 Å². The van der Waals surface area contributed by atoms with Crippen LogP contribution in [0.5, 0.6) is 0 Å². The van der Waals surface area contributed by atoms with E-state index in [2.05, 4.69) is 6.92 Å². The van der Waals surface area contributed by atoms with Crippen molar-refractivity contribution in [3.05, 3.63) is 0 Å². The predicted octanol–water partition coefficient (Wildman–Crippen LogP) is 1.45. The second-order valence-electron chi connectivity index (χ2n) is 5.34. The minimum atomic E-state index is -0.830. The van der Waals surface area contributed by atoms with Gasteiger partial charge in [-0.25, -0.2) is 0 Å². The molecule has 0 bridgehead atoms. The van der Waals surface area contributed by atoms with Crippen molar-refractivity contribution in [1.82, 2.24) is 4.90 Å². The molecular formula is C14H32N3NaO2. The van der Waals surface area contributed by atoms with E-state index in [0.29, 0.717) is 6.42 Å². The molecule has 0 aromatic heterocycles. The molecule has 0 aliphatic rings. The zero-order valence-electron chi connectivity index (χ0n) is 12.6. The topological polar surface area (TPSA) is 92.6 Å². The molecule has 0 aliphatic heterocycles. The summed E-state index contributed by atoms with van der Waals surface area (Å²) in [6.07, 6.45) is 6.81. The number of unbranched alkanes of at least 4 members (excludes halogenated alkanes) is 5. The number of nitrogens with zero attached hydrogens (tertiary/aromatic N) is 1. The molecule has 0 heterocycles. The Hall–Kier alpha value is 0.350. The van der Waals surface area contributed by atoms with E-state index < -0.39 is 12.0 Å². The molecule has 116 valence electrons. The Labute approximate surface area is 145 Å². The standard InChI is InChI=1S/C14H31N3O2.Na.H/c1-4-5-6-7-8-9-10-13(14(18)19)17(11(2)15)12(3)16;;/h11-13H,4-10,15-16H2,1-3H3,(H,18,19);;. The molecule has 0 fully saturated rings. The fourth-order valence-corrected chi connectivity index (χ4v) is 2.46. The molecule has 3 unspecified atom stereocenters. The van der Waals surface area contributed by atoms with E-state index >= 15 is 0 Å². The molecule has 0 aromatic rings. The molecule has 20 heavy (non-hydrogen) atoms. The molecule has 0 radical (unpaired) electrons. The number of hydrogen-bond donors (Lipinski definition) is 3. The molecule has 0 aromatic carbocycles. The summed E-state index contributed by atoms with van der Waals surface area (Å²) in [6.45, 7) is 5.74. The Balaban J connectivity index is 0. The molecule has 0 saturated heterocycles. The number of aliphatic carboxylic acids is 1. The van der Waals surface area contributed by atoms with Gasteiger partial charge in [0.05, 0.1) is 12.3 Å². The van der Waals surface area contributed by atoms with Gasteiger partial charge in [0.1, 0.15) is 6.04 Å². The molecular weight excluding hydrogens is 265 g/mol. The summed E-state index contributed by atoms with van der Waals surface area (Å²) in [7, 11) is 0. The average Bonchev–Trinajstić information content (AvgIpc) is 2.30. The Morgan fingerprint density at radius 1 is 1.05 bits per heavy atom. The van der Waals surface area contributed by atoms with E-state index in [1.54, 1.807) is 18.7 Å². The SMILES string of the molecule is CCCCCCCCC(C(=O)O)N(C(C)N)C(C)N.[NaH]. The zero-order valence-corrected chi connectivity index (χ0v) is 12.6. The second kappa shape index (κ2) is 13.0. The first-order valence-electron chi connectivity index (χ1n) is 7.43. The minimum absolute atomic E-state index is 0. The third kappa shape index (κ3) is 9.32. The molecule has 3 atom stereocenters. The summed E-state index contributed by atoms with van der Waals surface area (Å²) in [5, 5.41) is 9.33. The van der Waals surface area contributed by atoms with Gasteiger partial charge >= 0.3 is 35.5 Å². The van der Waals surface area contributed by atoms with Gasteiger partial charge in [0.25, 0.3) is 0 Å². The van der Waals surface area contributed by atoms with Gasteiger partial charge in [0.2, 0.25) is 0 Å². The van der Waals surface area contributed by atoms with E-state index in [-0.39, 0.29) is 41.9 Å². The third-order valence-electron chi connectivity index (χ3n) is 3.42. The first-order valence-corrected chi connectivity index (χ1v) is 7.43. The first-order chi connectivity index (χ1) is 8.91. The van der Waals surface area contributed by atoms with Gasteiger partial charge in [-0.3, -0.25) is 9.69 Å². The van der Waals surface area contributed by atoms with Gasteiger partial charge in [0.15, 0.2) is 0 Å². The van der Waals surface area contributed by atoms with Crippen LogP contribution in [0.1, 0.15) is 65.7 Å². The summed E-state index contributed by atoms with van der Waals surface area (Å²) >= 11 is 0. The Morgan fingerprint density at radius 3 is 1.90 bits per heavy atom. The van der Waals surface area contributed by atoms with E-state index in [1.165, 1.54) is 25.7 Å². The summed E-state index contributed by atoms with van der Waals surface area (Å²) in [5.74, 6) is -0.830. The van der Waals surface area contributed by atoms with E-state index in [0.717, 1.165) is 12.8 Å². The van der Waals surface area contributed by atoms with Crippen LogP contribution in [0, 0.1) is 0 Å². The summed E-state index contributed by atoms with van der Waals surface area (Å²) in [5.41, 5.74) is 11.7. The van der Waals surface area contributed by atoms with Crippen molar-refractivity contribution in [2.45, 2.75) is 84.1 Å². The fraction of sp³-hybridized carbons (Fsp3) is 0.929. The van der Waals surface area contributed by atoms with E-state index in [4.69, 9.17) is 11.5 Å². The van der Waals surface area contributed by atoms with Gasteiger partial charge in [-0.2, -0.15) is 0 Å². The number of hydrogen-bond acceptors (Lipinski definition) is 4. The Bertz CT molecular complexity index is 243. The summed E-state index contributed by atoms with van der Waals surface area (Å²) in [6, 6.07) is -0.578. The van der Waals surface area contributed by atoms with E-state index in [9.17, 15) is 9.90 Å². The normalized spacial score (nSPS) is 15.5. The summed E-state index contributed by atoms with van der Waals surface area (Å²) in [4.78, 5) is 13.0.